The van der Waals surface area contributed by atoms with Crippen molar-refractivity contribution in [1.29, 1.82) is 0 Å². The van der Waals surface area contributed by atoms with Crippen LogP contribution >= 0.6 is 0 Å². The molecule has 1 aromatic heterocycles. The first-order valence-corrected chi connectivity index (χ1v) is 10.7. The molecular weight excluding hydrogens is 350 g/mol. The van der Waals surface area contributed by atoms with Crippen LogP contribution in [0.15, 0.2) is 86.1 Å². The molecule has 29 heavy (non-hydrogen) atoms. The molecule has 0 amide bonds. The van der Waals surface area contributed by atoms with Gasteiger partial charge >= 0.3 is 0 Å². The average Bonchev–Trinajstić information content (AvgIpc) is 2.80. The van der Waals surface area contributed by atoms with E-state index in [-0.39, 0.29) is 0 Å². The van der Waals surface area contributed by atoms with Crippen LogP contribution in [-0.2, 0) is 0 Å². The van der Waals surface area contributed by atoms with Crippen LogP contribution in [0.2, 0.25) is 0 Å². The van der Waals surface area contributed by atoms with Gasteiger partial charge in [-0.05, 0) is 66.5 Å². The number of rotatable bonds is 5. The van der Waals surface area contributed by atoms with Crippen LogP contribution in [-0.4, -0.2) is 4.98 Å². The van der Waals surface area contributed by atoms with E-state index < -0.39 is 0 Å². The molecule has 1 aliphatic carbocycles. The summed E-state index contributed by atoms with van der Waals surface area (Å²) in [6, 6.07) is 14.8. The van der Waals surface area contributed by atoms with E-state index in [1.165, 1.54) is 35.1 Å². The predicted molar refractivity (Wildman–Crippen MR) is 131 cm³/mol. The van der Waals surface area contributed by atoms with Gasteiger partial charge in [0.15, 0.2) is 0 Å². The van der Waals surface area contributed by atoms with Crippen LogP contribution < -0.4 is 0 Å². The second-order valence-corrected chi connectivity index (χ2v) is 7.18. The first-order valence-electron chi connectivity index (χ1n) is 10.7. The van der Waals surface area contributed by atoms with E-state index in [1.54, 1.807) is 0 Å². The second-order valence-electron chi connectivity index (χ2n) is 7.18. The number of benzene rings is 1. The zero-order valence-electron chi connectivity index (χ0n) is 18.7. The van der Waals surface area contributed by atoms with Crippen LogP contribution in [0, 0.1) is 12.8 Å². The van der Waals surface area contributed by atoms with Crippen molar-refractivity contribution in [3.8, 4) is 0 Å². The first kappa shape index (κ1) is 24.4. The van der Waals surface area contributed by atoms with Crippen molar-refractivity contribution in [3.05, 3.63) is 103 Å². The summed E-state index contributed by atoms with van der Waals surface area (Å²) in [5, 5.41) is 0. The summed E-state index contributed by atoms with van der Waals surface area (Å²) >= 11 is 0. The summed E-state index contributed by atoms with van der Waals surface area (Å²) in [5.41, 5.74) is 6.24. The van der Waals surface area contributed by atoms with E-state index in [9.17, 15) is 0 Å². The Morgan fingerprint density at radius 2 is 1.79 bits per heavy atom. The molecule has 2 aromatic rings. The summed E-state index contributed by atoms with van der Waals surface area (Å²) < 4.78 is 0. The number of allylic oxidation sites excluding steroid dienone is 6. The molecule has 0 saturated carbocycles. The number of aromatic nitrogens is 1. The van der Waals surface area contributed by atoms with Crippen molar-refractivity contribution < 1.29 is 0 Å². The summed E-state index contributed by atoms with van der Waals surface area (Å²) in [6.45, 7) is 14.7. The zero-order valence-corrected chi connectivity index (χ0v) is 18.7. The Labute approximate surface area is 178 Å². The molecule has 0 N–H and O–H groups in total. The highest BCUT2D eigenvalue weighted by Gasteiger charge is 2.09. The Balaban J connectivity index is 0.000000358. The van der Waals surface area contributed by atoms with Crippen molar-refractivity contribution in [2.45, 2.75) is 53.4 Å². The molecule has 1 aliphatic rings. The maximum absolute atomic E-state index is 4.53. The van der Waals surface area contributed by atoms with Crippen LogP contribution in [0.25, 0.3) is 11.1 Å². The summed E-state index contributed by atoms with van der Waals surface area (Å²) in [6.07, 6.45) is 15.6. The third-order valence-electron chi connectivity index (χ3n) is 4.80. The normalized spacial score (nSPS) is 13.9. The average molecular weight is 388 g/mol. The van der Waals surface area contributed by atoms with Gasteiger partial charge in [0, 0.05) is 6.20 Å². The lowest BCUT2D eigenvalue weighted by molar-refractivity contribution is 0.695. The van der Waals surface area contributed by atoms with Crippen molar-refractivity contribution in [1.82, 2.24) is 4.98 Å². The topological polar surface area (TPSA) is 12.9 Å². The van der Waals surface area contributed by atoms with E-state index in [2.05, 4.69) is 113 Å². The zero-order chi connectivity index (χ0) is 21.5. The summed E-state index contributed by atoms with van der Waals surface area (Å²) in [7, 11) is 0. The molecule has 3 rings (SSSR count). The molecule has 154 valence electrons. The van der Waals surface area contributed by atoms with Gasteiger partial charge in [-0.3, -0.25) is 4.98 Å². The fourth-order valence-electron chi connectivity index (χ4n) is 2.90. The molecule has 0 aliphatic heterocycles. The highest BCUT2D eigenvalue weighted by atomic mass is 14.7. The quantitative estimate of drug-likeness (QED) is 0.469. The molecule has 0 radical (unpaired) electrons. The molecule has 0 fully saturated rings. The molecule has 0 spiro atoms. The van der Waals surface area contributed by atoms with Gasteiger partial charge in [0.05, 0.1) is 5.69 Å². The van der Waals surface area contributed by atoms with E-state index in [4.69, 9.17) is 0 Å². The maximum atomic E-state index is 4.53. The van der Waals surface area contributed by atoms with Gasteiger partial charge in [-0.15, -0.1) is 13.2 Å². The number of aryl methyl sites for hydroxylation is 1. The van der Waals surface area contributed by atoms with Crippen LogP contribution in [0.4, 0.5) is 0 Å². The Morgan fingerprint density at radius 3 is 2.38 bits per heavy atom. The minimum absolute atomic E-state index is 0.773. The van der Waals surface area contributed by atoms with Crippen molar-refractivity contribution in [2.24, 2.45) is 5.92 Å². The van der Waals surface area contributed by atoms with E-state index >= 15 is 0 Å². The lowest BCUT2D eigenvalue weighted by Gasteiger charge is -2.14. The highest BCUT2D eigenvalue weighted by Crippen LogP contribution is 2.30. The first-order chi connectivity index (χ1) is 14.1. The monoisotopic (exact) mass is 387 g/mol. The standard InChI is InChI=1S/C18H17N.C8H16.C2H4/c1-14-10-11-18(19-13-14)17-9-5-8-16(12-17)15-6-3-2-4-7-15;1-4-6-7-8(3)5-2;1-2/h2-4,6-8,10-13H,5,9H2,1H3;6-8H,4-5H2,1-3H3;1-2H2. The van der Waals surface area contributed by atoms with Gasteiger partial charge in [-0.25, -0.2) is 0 Å². The van der Waals surface area contributed by atoms with Gasteiger partial charge in [0.1, 0.15) is 0 Å². The van der Waals surface area contributed by atoms with Gasteiger partial charge in [0.2, 0.25) is 0 Å². The van der Waals surface area contributed by atoms with Gasteiger partial charge in [-0.1, -0.05) is 81.8 Å². The van der Waals surface area contributed by atoms with Crippen molar-refractivity contribution in [2.75, 3.05) is 0 Å². The Bertz CT molecular complexity index is 779. The molecule has 0 saturated heterocycles. The fraction of sp³-hybridized carbons (Fsp3) is 0.321. The molecule has 1 aromatic carbocycles. The minimum Gasteiger partial charge on any atom is -0.256 e. The van der Waals surface area contributed by atoms with E-state index in [0.717, 1.165) is 24.5 Å². The van der Waals surface area contributed by atoms with Crippen molar-refractivity contribution in [3.63, 3.8) is 0 Å². The third kappa shape index (κ3) is 8.91. The number of pyridine rings is 1. The number of nitrogens with zero attached hydrogens (tertiary/aromatic N) is 1. The van der Waals surface area contributed by atoms with Crippen LogP contribution in [0.5, 0.6) is 0 Å². The van der Waals surface area contributed by atoms with Gasteiger partial charge < -0.3 is 0 Å². The summed E-state index contributed by atoms with van der Waals surface area (Å²) in [4.78, 5) is 4.53. The SMILES string of the molecule is C=C.CCC=CC(C)CC.Cc1ccc(C2=CC(c3ccccc3)=CCC2)nc1. The highest BCUT2D eigenvalue weighted by molar-refractivity contribution is 5.84. The fourth-order valence-corrected chi connectivity index (χ4v) is 2.90. The molecule has 0 bridgehead atoms. The lowest BCUT2D eigenvalue weighted by atomic mass is 9.93. The lowest BCUT2D eigenvalue weighted by Crippen LogP contribution is -1.95. The smallest absolute Gasteiger partial charge is 0.0662 e. The Morgan fingerprint density at radius 1 is 1.07 bits per heavy atom. The van der Waals surface area contributed by atoms with Gasteiger partial charge in [-0.2, -0.15) is 0 Å². The van der Waals surface area contributed by atoms with Gasteiger partial charge in [0.25, 0.3) is 0 Å². The molecule has 1 unspecified atom stereocenters. The molecular formula is C28H37N. The molecule has 1 atom stereocenters. The maximum Gasteiger partial charge on any atom is 0.0662 e. The van der Waals surface area contributed by atoms with E-state index in [1.807, 2.05) is 6.20 Å². The van der Waals surface area contributed by atoms with Crippen LogP contribution in [0.3, 0.4) is 0 Å². The second kappa shape index (κ2) is 14.3. The molecule has 1 heteroatoms. The largest absolute Gasteiger partial charge is 0.256 e. The predicted octanol–water partition coefficient (Wildman–Crippen LogP) is 8.45. The number of hydrogen-bond acceptors (Lipinski definition) is 1. The van der Waals surface area contributed by atoms with Crippen molar-refractivity contribution >= 4 is 11.1 Å². The Hall–Kier alpha value is -2.67. The molecule has 1 nitrogen and oxygen atoms in total. The van der Waals surface area contributed by atoms with Crippen LogP contribution in [0.1, 0.15) is 63.3 Å². The summed E-state index contributed by atoms with van der Waals surface area (Å²) in [5.74, 6) is 0.773. The Kier molecular flexibility index (Phi) is 12.1. The third-order valence-corrected chi connectivity index (χ3v) is 4.80. The molecule has 1 heterocycles. The minimum atomic E-state index is 0.773. The van der Waals surface area contributed by atoms with E-state index in [0.29, 0.717) is 0 Å². The number of hydrogen-bond donors (Lipinski definition) is 0.